The molecule has 0 saturated heterocycles. The predicted molar refractivity (Wildman–Crippen MR) is 41.6 cm³/mol. The summed E-state index contributed by atoms with van der Waals surface area (Å²) in [6.45, 7) is 5.34. The van der Waals surface area contributed by atoms with E-state index in [0.717, 1.165) is 12.3 Å². The van der Waals surface area contributed by atoms with Crippen molar-refractivity contribution in [1.82, 2.24) is 5.32 Å². The van der Waals surface area contributed by atoms with Crippen LogP contribution in [0.1, 0.15) is 20.3 Å². The molecule has 0 aliphatic carbocycles. The molecule has 0 spiro atoms. The van der Waals surface area contributed by atoms with Gasteiger partial charge in [0, 0.05) is 11.8 Å². The first-order chi connectivity index (χ1) is 3.85. The summed E-state index contributed by atoms with van der Waals surface area (Å²) >= 11 is 4.17. The fraction of sp³-hybridized carbons (Fsp3) is 1.00. The number of rotatable bonds is 4. The van der Waals surface area contributed by atoms with Gasteiger partial charge in [-0.05, 0) is 13.0 Å². The SMILES string of the molecule is CCNC(CC)CS. The van der Waals surface area contributed by atoms with Gasteiger partial charge in [-0.2, -0.15) is 12.6 Å². The average molecular weight is 133 g/mol. The molecule has 50 valence electrons. The van der Waals surface area contributed by atoms with Crippen LogP contribution in [-0.4, -0.2) is 18.3 Å². The van der Waals surface area contributed by atoms with E-state index >= 15 is 0 Å². The quantitative estimate of drug-likeness (QED) is 0.551. The third-order valence-electron chi connectivity index (χ3n) is 1.21. The highest BCUT2D eigenvalue weighted by molar-refractivity contribution is 7.80. The Bertz CT molecular complexity index is 43.8. The third kappa shape index (κ3) is 3.33. The highest BCUT2D eigenvalue weighted by atomic mass is 32.1. The fourth-order valence-corrected chi connectivity index (χ4v) is 1.01. The molecule has 0 aromatic heterocycles. The van der Waals surface area contributed by atoms with E-state index in [0.29, 0.717) is 6.04 Å². The van der Waals surface area contributed by atoms with Crippen LogP contribution in [0.15, 0.2) is 0 Å². The minimum atomic E-state index is 0.614. The zero-order chi connectivity index (χ0) is 6.41. The molecule has 0 rings (SSSR count). The van der Waals surface area contributed by atoms with Crippen molar-refractivity contribution in [1.29, 1.82) is 0 Å². The van der Waals surface area contributed by atoms with Gasteiger partial charge in [-0.1, -0.05) is 13.8 Å². The van der Waals surface area contributed by atoms with Crippen LogP contribution < -0.4 is 5.32 Å². The van der Waals surface area contributed by atoms with Crippen molar-refractivity contribution in [2.24, 2.45) is 0 Å². The van der Waals surface area contributed by atoms with Crippen LogP contribution >= 0.6 is 12.6 Å². The fourth-order valence-electron chi connectivity index (χ4n) is 0.627. The van der Waals surface area contributed by atoms with E-state index in [2.05, 4.69) is 31.8 Å². The lowest BCUT2D eigenvalue weighted by Crippen LogP contribution is -2.29. The Balaban J connectivity index is 3.07. The first-order valence-corrected chi connectivity index (χ1v) is 3.82. The van der Waals surface area contributed by atoms with Gasteiger partial charge in [-0.3, -0.25) is 0 Å². The minimum Gasteiger partial charge on any atom is -0.313 e. The second-order valence-corrected chi connectivity index (χ2v) is 2.21. The summed E-state index contributed by atoms with van der Waals surface area (Å²) in [6, 6.07) is 0.614. The van der Waals surface area contributed by atoms with E-state index in [9.17, 15) is 0 Å². The molecule has 0 amide bonds. The summed E-state index contributed by atoms with van der Waals surface area (Å²) in [4.78, 5) is 0. The maximum atomic E-state index is 4.17. The molecule has 2 heteroatoms. The van der Waals surface area contributed by atoms with Crippen LogP contribution in [0, 0.1) is 0 Å². The van der Waals surface area contributed by atoms with Crippen LogP contribution in [-0.2, 0) is 0 Å². The number of hydrogen-bond acceptors (Lipinski definition) is 2. The molecule has 8 heavy (non-hydrogen) atoms. The molecule has 0 heterocycles. The van der Waals surface area contributed by atoms with Gasteiger partial charge in [0.25, 0.3) is 0 Å². The van der Waals surface area contributed by atoms with Crippen LogP contribution in [0.25, 0.3) is 0 Å². The molecule has 0 fully saturated rings. The van der Waals surface area contributed by atoms with E-state index in [4.69, 9.17) is 0 Å². The van der Waals surface area contributed by atoms with E-state index in [1.165, 1.54) is 6.42 Å². The summed E-state index contributed by atoms with van der Waals surface area (Å²) in [6.07, 6.45) is 1.18. The van der Waals surface area contributed by atoms with Gasteiger partial charge in [0.1, 0.15) is 0 Å². The highest BCUT2D eigenvalue weighted by Crippen LogP contribution is 1.91. The monoisotopic (exact) mass is 133 g/mol. The Morgan fingerprint density at radius 2 is 2.12 bits per heavy atom. The van der Waals surface area contributed by atoms with Gasteiger partial charge in [-0.25, -0.2) is 0 Å². The van der Waals surface area contributed by atoms with Crippen molar-refractivity contribution in [3.63, 3.8) is 0 Å². The molecule has 0 saturated carbocycles. The molecule has 1 unspecified atom stereocenters. The number of nitrogens with one attached hydrogen (secondary N) is 1. The lowest BCUT2D eigenvalue weighted by molar-refractivity contribution is 0.561. The lowest BCUT2D eigenvalue weighted by Gasteiger charge is -2.10. The molecule has 1 atom stereocenters. The van der Waals surface area contributed by atoms with Gasteiger partial charge in [-0.15, -0.1) is 0 Å². The zero-order valence-electron chi connectivity index (χ0n) is 5.65. The van der Waals surface area contributed by atoms with E-state index in [1.807, 2.05) is 0 Å². The second kappa shape index (κ2) is 5.45. The molecule has 0 aromatic rings. The molecule has 1 nitrogen and oxygen atoms in total. The van der Waals surface area contributed by atoms with Crippen LogP contribution in [0.5, 0.6) is 0 Å². The second-order valence-electron chi connectivity index (χ2n) is 1.85. The first-order valence-electron chi connectivity index (χ1n) is 3.19. The van der Waals surface area contributed by atoms with Crippen LogP contribution in [0.3, 0.4) is 0 Å². The third-order valence-corrected chi connectivity index (χ3v) is 1.65. The summed E-state index contributed by atoms with van der Waals surface area (Å²) in [7, 11) is 0. The molecule has 1 N–H and O–H groups in total. The zero-order valence-corrected chi connectivity index (χ0v) is 6.54. The Hall–Kier alpha value is 0.310. The summed E-state index contributed by atoms with van der Waals surface area (Å²) in [5.74, 6) is 0.949. The number of hydrogen-bond donors (Lipinski definition) is 2. The molecule has 0 radical (unpaired) electrons. The molecule has 0 aliphatic heterocycles. The normalized spacial score (nSPS) is 13.9. The minimum absolute atomic E-state index is 0.614. The number of thiol groups is 1. The summed E-state index contributed by atoms with van der Waals surface area (Å²) in [5, 5.41) is 3.31. The first kappa shape index (κ1) is 8.31. The Morgan fingerprint density at radius 1 is 1.50 bits per heavy atom. The maximum Gasteiger partial charge on any atom is 0.0152 e. The van der Waals surface area contributed by atoms with Crippen molar-refractivity contribution in [3.8, 4) is 0 Å². The topological polar surface area (TPSA) is 12.0 Å². The predicted octanol–water partition coefficient (Wildman–Crippen LogP) is 1.30. The van der Waals surface area contributed by atoms with Crippen molar-refractivity contribution < 1.29 is 0 Å². The van der Waals surface area contributed by atoms with Crippen LogP contribution in [0.2, 0.25) is 0 Å². The van der Waals surface area contributed by atoms with E-state index in [1.54, 1.807) is 0 Å². The van der Waals surface area contributed by atoms with Gasteiger partial charge < -0.3 is 5.32 Å². The maximum absolute atomic E-state index is 4.17. The van der Waals surface area contributed by atoms with Gasteiger partial charge in [0.05, 0.1) is 0 Å². The van der Waals surface area contributed by atoms with E-state index < -0.39 is 0 Å². The summed E-state index contributed by atoms with van der Waals surface area (Å²) < 4.78 is 0. The molecular formula is C6H15NS. The van der Waals surface area contributed by atoms with Crippen molar-refractivity contribution in [2.45, 2.75) is 26.3 Å². The Kier molecular flexibility index (Phi) is 5.66. The molecule has 0 aliphatic rings. The smallest absolute Gasteiger partial charge is 0.0152 e. The molecule has 0 aromatic carbocycles. The van der Waals surface area contributed by atoms with Crippen LogP contribution in [0.4, 0.5) is 0 Å². The van der Waals surface area contributed by atoms with Gasteiger partial charge >= 0.3 is 0 Å². The summed E-state index contributed by atoms with van der Waals surface area (Å²) in [5.41, 5.74) is 0. The average Bonchev–Trinajstić information content (AvgIpc) is 1.83. The molecule has 0 bridgehead atoms. The Labute approximate surface area is 57.3 Å². The molecular weight excluding hydrogens is 118 g/mol. The highest BCUT2D eigenvalue weighted by Gasteiger charge is 1.97. The lowest BCUT2D eigenvalue weighted by atomic mass is 10.2. The van der Waals surface area contributed by atoms with Crippen molar-refractivity contribution in [2.75, 3.05) is 12.3 Å². The standard InChI is InChI=1S/C6H15NS/c1-3-6(5-8)7-4-2/h6-8H,3-5H2,1-2H3. The van der Waals surface area contributed by atoms with Crippen molar-refractivity contribution in [3.05, 3.63) is 0 Å². The van der Waals surface area contributed by atoms with Crippen molar-refractivity contribution >= 4 is 12.6 Å². The van der Waals surface area contributed by atoms with Gasteiger partial charge in [0.2, 0.25) is 0 Å². The van der Waals surface area contributed by atoms with E-state index in [-0.39, 0.29) is 0 Å². The van der Waals surface area contributed by atoms with Gasteiger partial charge in [0.15, 0.2) is 0 Å². The largest absolute Gasteiger partial charge is 0.313 e. The Morgan fingerprint density at radius 3 is 2.25 bits per heavy atom.